The van der Waals surface area contributed by atoms with Gasteiger partial charge in [-0.05, 0) is 32.2 Å². The minimum Gasteiger partial charge on any atom is -0.347 e. The van der Waals surface area contributed by atoms with E-state index in [1.54, 1.807) is 0 Å². The summed E-state index contributed by atoms with van der Waals surface area (Å²) in [5.41, 5.74) is 0. The maximum Gasteiger partial charge on any atom is 0.241 e. The molecule has 2 N–H and O–H groups in total. The first kappa shape index (κ1) is 15.2. The van der Waals surface area contributed by atoms with Gasteiger partial charge in [-0.3, -0.25) is 9.59 Å². The van der Waals surface area contributed by atoms with Crippen LogP contribution in [0.15, 0.2) is 0 Å². The Balaban J connectivity index is 0.00000162. The Morgan fingerprint density at radius 2 is 1.94 bits per heavy atom. The van der Waals surface area contributed by atoms with E-state index in [1.165, 1.54) is 0 Å². The zero-order chi connectivity index (χ0) is 12.1. The monoisotopic (exact) mass is 275 g/mol. The Bertz CT molecular complexity index is 287. The zero-order valence-corrected chi connectivity index (χ0v) is 11.4. The third kappa shape index (κ3) is 4.14. The van der Waals surface area contributed by atoms with Crippen molar-refractivity contribution in [2.24, 2.45) is 5.92 Å². The fourth-order valence-electron chi connectivity index (χ4n) is 2.46. The maximum atomic E-state index is 11.8. The van der Waals surface area contributed by atoms with Gasteiger partial charge in [0.2, 0.25) is 11.8 Å². The first-order chi connectivity index (χ1) is 8.27. The number of rotatable bonds is 3. The second kappa shape index (κ2) is 7.59. The zero-order valence-electron chi connectivity index (χ0n) is 10.6. The largest absolute Gasteiger partial charge is 0.347 e. The smallest absolute Gasteiger partial charge is 0.241 e. The van der Waals surface area contributed by atoms with Crippen molar-refractivity contribution in [2.45, 2.75) is 25.7 Å². The predicted molar refractivity (Wildman–Crippen MR) is 71.7 cm³/mol. The van der Waals surface area contributed by atoms with Crippen LogP contribution in [0.3, 0.4) is 0 Å². The van der Waals surface area contributed by atoms with Gasteiger partial charge in [0.1, 0.15) is 0 Å². The van der Waals surface area contributed by atoms with E-state index < -0.39 is 0 Å². The summed E-state index contributed by atoms with van der Waals surface area (Å²) in [6.45, 7) is 3.59. The summed E-state index contributed by atoms with van der Waals surface area (Å²) < 4.78 is 0. The minimum absolute atomic E-state index is 0. The molecule has 0 aromatic heterocycles. The number of nitrogens with zero attached hydrogens (tertiary/aromatic N) is 1. The molecule has 2 amide bonds. The number of piperidine rings is 1. The normalized spacial score (nSPS) is 23.3. The molecule has 0 aliphatic carbocycles. The second-order valence-corrected chi connectivity index (χ2v) is 4.85. The van der Waals surface area contributed by atoms with Crippen LogP contribution in [0.5, 0.6) is 0 Å². The molecule has 2 rings (SSSR count). The van der Waals surface area contributed by atoms with Crippen LogP contribution >= 0.6 is 12.4 Å². The Morgan fingerprint density at radius 1 is 1.22 bits per heavy atom. The lowest BCUT2D eigenvalue weighted by Gasteiger charge is -2.22. The van der Waals surface area contributed by atoms with Crippen LogP contribution in [0.1, 0.15) is 25.7 Å². The van der Waals surface area contributed by atoms with E-state index in [9.17, 15) is 9.59 Å². The van der Waals surface area contributed by atoms with Gasteiger partial charge in [0.05, 0.1) is 12.5 Å². The molecule has 0 radical (unpaired) electrons. The molecule has 0 bridgehead atoms. The van der Waals surface area contributed by atoms with Gasteiger partial charge >= 0.3 is 0 Å². The third-order valence-corrected chi connectivity index (χ3v) is 3.54. The number of likely N-dealkylation sites (tertiary alicyclic amines) is 1. The number of carbonyl (C=O) groups excluding carboxylic acids is 2. The fraction of sp³-hybridized carbons (Fsp3) is 0.833. The molecule has 0 saturated carbocycles. The van der Waals surface area contributed by atoms with Crippen LogP contribution in [-0.4, -0.2) is 49.4 Å². The van der Waals surface area contributed by atoms with E-state index in [-0.39, 0.29) is 36.7 Å². The van der Waals surface area contributed by atoms with Gasteiger partial charge in [-0.15, -0.1) is 12.4 Å². The number of hydrogen-bond acceptors (Lipinski definition) is 3. The molecule has 2 heterocycles. The maximum absolute atomic E-state index is 11.8. The van der Waals surface area contributed by atoms with Crippen molar-refractivity contribution in [3.8, 4) is 0 Å². The summed E-state index contributed by atoms with van der Waals surface area (Å²) in [5, 5.41) is 5.96. The minimum atomic E-state index is 0. The van der Waals surface area contributed by atoms with Crippen LogP contribution in [-0.2, 0) is 9.59 Å². The highest BCUT2D eigenvalue weighted by atomic mass is 35.5. The number of amides is 2. The van der Waals surface area contributed by atoms with Crippen LogP contribution in [0.2, 0.25) is 0 Å². The predicted octanol–water partition coefficient (Wildman–Crippen LogP) is 0.146. The molecule has 18 heavy (non-hydrogen) atoms. The van der Waals surface area contributed by atoms with E-state index in [2.05, 4.69) is 10.6 Å². The number of carbonyl (C=O) groups is 2. The summed E-state index contributed by atoms with van der Waals surface area (Å²) in [7, 11) is 0. The molecular weight excluding hydrogens is 254 g/mol. The van der Waals surface area contributed by atoms with E-state index in [0.29, 0.717) is 0 Å². The van der Waals surface area contributed by atoms with Crippen molar-refractivity contribution in [3.05, 3.63) is 0 Å². The van der Waals surface area contributed by atoms with E-state index in [1.807, 2.05) is 4.90 Å². The molecule has 2 aliphatic rings. The topological polar surface area (TPSA) is 61.4 Å². The van der Waals surface area contributed by atoms with Crippen LogP contribution < -0.4 is 10.6 Å². The summed E-state index contributed by atoms with van der Waals surface area (Å²) in [6, 6.07) is 0. The molecule has 104 valence electrons. The van der Waals surface area contributed by atoms with E-state index in [4.69, 9.17) is 0 Å². The van der Waals surface area contributed by atoms with Gasteiger partial charge in [-0.1, -0.05) is 0 Å². The molecule has 6 heteroatoms. The second-order valence-electron chi connectivity index (χ2n) is 4.85. The summed E-state index contributed by atoms with van der Waals surface area (Å²) in [4.78, 5) is 25.4. The van der Waals surface area contributed by atoms with Crippen molar-refractivity contribution >= 4 is 24.2 Å². The Labute approximate surface area is 114 Å². The highest BCUT2D eigenvalue weighted by molar-refractivity contribution is 5.86. The van der Waals surface area contributed by atoms with Crippen molar-refractivity contribution in [2.75, 3.05) is 32.7 Å². The first-order valence-corrected chi connectivity index (χ1v) is 6.53. The van der Waals surface area contributed by atoms with Gasteiger partial charge in [0.15, 0.2) is 0 Å². The Hall–Kier alpha value is -0.810. The number of halogens is 1. The standard InChI is InChI=1S/C12H21N3O2.ClH/c16-11(15-6-1-2-7-15)9-14-12(17)10-4-3-5-13-8-10;/h10,13H,1-9H2,(H,14,17);1H/t10-;/m1./s1. The van der Waals surface area contributed by atoms with Gasteiger partial charge in [0.25, 0.3) is 0 Å². The average molecular weight is 276 g/mol. The lowest BCUT2D eigenvalue weighted by Crippen LogP contribution is -2.44. The van der Waals surface area contributed by atoms with E-state index >= 15 is 0 Å². The lowest BCUT2D eigenvalue weighted by molar-refractivity contribution is -0.133. The first-order valence-electron chi connectivity index (χ1n) is 6.53. The lowest BCUT2D eigenvalue weighted by atomic mass is 9.99. The molecule has 1 atom stereocenters. The molecule has 0 aromatic rings. The van der Waals surface area contributed by atoms with Crippen LogP contribution in [0.25, 0.3) is 0 Å². The molecule has 5 nitrogen and oxygen atoms in total. The average Bonchev–Trinajstić information content (AvgIpc) is 2.90. The fourth-order valence-corrected chi connectivity index (χ4v) is 2.46. The third-order valence-electron chi connectivity index (χ3n) is 3.54. The van der Waals surface area contributed by atoms with Crippen molar-refractivity contribution in [1.82, 2.24) is 15.5 Å². The van der Waals surface area contributed by atoms with Crippen molar-refractivity contribution in [1.29, 1.82) is 0 Å². The Morgan fingerprint density at radius 3 is 2.56 bits per heavy atom. The quantitative estimate of drug-likeness (QED) is 0.771. The summed E-state index contributed by atoms with van der Waals surface area (Å²) in [5.74, 6) is 0.111. The molecule has 2 saturated heterocycles. The number of hydrogen-bond donors (Lipinski definition) is 2. The molecule has 2 aliphatic heterocycles. The number of nitrogens with one attached hydrogen (secondary N) is 2. The van der Waals surface area contributed by atoms with E-state index in [0.717, 1.165) is 51.9 Å². The SMILES string of the molecule is Cl.O=C(NCC(=O)N1CCCC1)[C@@H]1CCCNC1. The molecule has 0 aromatic carbocycles. The van der Waals surface area contributed by atoms with Crippen LogP contribution in [0.4, 0.5) is 0 Å². The van der Waals surface area contributed by atoms with Gasteiger partial charge < -0.3 is 15.5 Å². The molecular formula is C12H22ClN3O2. The van der Waals surface area contributed by atoms with Crippen molar-refractivity contribution in [3.63, 3.8) is 0 Å². The highest BCUT2D eigenvalue weighted by Gasteiger charge is 2.23. The summed E-state index contributed by atoms with van der Waals surface area (Å²) in [6.07, 6.45) is 4.15. The molecule has 0 spiro atoms. The summed E-state index contributed by atoms with van der Waals surface area (Å²) >= 11 is 0. The highest BCUT2D eigenvalue weighted by Crippen LogP contribution is 2.10. The van der Waals surface area contributed by atoms with Gasteiger partial charge in [-0.2, -0.15) is 0 Å². The van der Waals surface area contributed by atoms with Crippen LogP contribution in [0, 0.1) is 5.92 Å². The van der Waals surface area contributed by atoms with Gasteiger partial charge in [-0.25, -0.2) is 0 Å². The van der Waals surface area contributed by atoms with Crippen molar-refractivity contribution < 1.29 is 9.59 Å². The molecule has 2 fully saturated rings. The Kier molecular flexibility index (Phi) is 6.43. The molecule has 0 unspecified atom stereocenters. The van der Waals surface area contributed by atoms with Gasteiger partial charge in [0, 0.05) is 19.6 Å².